The van der Waals surface area contributed by atoms with Crippen molar-refractivity contribution >= 4 is 16.9 Å². The molecule has 1 N–H and O–H groups in total. The van der Waals surface area contributed by atoms with E-state index in [2.05, 4.69) is 33.1 Å². The van der Waals surface area contributed by atoms with Crippen molar-refractivity contribution in [1.82, 2.24) is 15.0 Å². The van der Waals surface area contributed by atoms with E-state index in [4.69, 9.17) is 19.2 Å². The predicted molar refractivity (Wildman–Crippen MR) is 121 cm³/mol. The molecule has 0 spiro atoms. The third kappa shape index (κ3) is 3.68. The second kappa shape index (κ2) is 8.28. The van der Waals surface area contributed by atoms with Crippen LogP contribution in [0.5, 0.6) is 11.5 Å². The molecule has 3 aromatic heterocycles. The molecule has 0 bridgehead atoms. The number of methoxy groups -OCH3 is 2. The Morgan fingerprint density at radius 2 is 1.65 bits per heavy atom. The monoisotopic (exact) mass is 416 g/mol. The van der Waals surface area contributed by atoms with Crippen LogP contribution in [0.15, 0.2) is 55.0 Å². The Morgan fingerprint density at radius 1 is 0.871 bits per heavy atom. The first-order valence-corrected chi connectivity index (χ1v) is 10.3. The molecule has 0 amide bonds. The van der Waals surface area contributed by atoms with Crippen molar-refractivity contribution in [3.05, 3.63) is 55.0 Å². The number of anilines is 1. The molecule has 158 valence electrons. The van der Waals surface area contributed by atoms with Gasteiger partial charge in [0.2, 0.25) is 0 Å². The molecule has 5 rings (SSSR count). The van der Waals surface area contributed by atoms with E-state index in [0.29, 0.717) is 11.5 Å². The third-order valence-corrected chi connectivity index (χ3v) is 5.64. The first kappa shape index (κ1) is 19.4. The van der Waals surface area contributed by atoms with E-state index in [1.54, 1.807) is 14.2 Å². The topological polar surface area (TPSA) is 72.5 Å². The Balaban J connectivity index is 1.49. The van der Waals surface area contributed by atoms with E-state index in [1.807, 2.05) is 36.8 Å². The van der Waals surface area contributed by atoms with Gasteiger partial charge in [-0.1, -0.05) is 6.07 Å². The van der Waals surface area contributed by atoms with Crippen LogP contribution in [0, 0.1) is 0 Å². The van der Waals surface area contributed by atoms with E-state index in [9.17, 15) is 0 Å². The Labute approximate surface area is 180 Å². The molecule has 4 heterocycles. The molecule has 0 atom stereocenters. The zero-order chi connectivity index (χ0) is 21.2. The van der Waals surface area contributed by atoms with Crippen LogP contribution >= 0.6 is 0 Å². The number of aromatic amines is 1. The number of benzene rings is 1. The van der Waals surface area contributed by atoms with Crippen molar-refractivity contribution in [3.63, 3.8) is 0 Å². The summed E-state index contributed by atoms with van der Waals surface area (Å²) in [5.41, 5.74) is 4.99. The zero-order valence-electron chi connectivity index (χ0n) is 17.6. The van der Waals surface area contributed by atoms with Gasteiger partial charge >= 0.3 is 0 Å². The smallest absolute Gasteiger partial charge is 0.161 e. The molecule has 0 saturated carbocycles. The summed E-state index contributed by atoms with van der Waals surface area (Å²) in [6, 6.07) is 12.2. The molecule has 7 heteroatoms. The quantitative estimate of drug-likeness (QED) is 0.527. The van der Waals surface area contributed by atoms with Crippen molar-refractivity contribution in [3.8, 4) is 33.8 Å². The van der Waals surface area contributed by atoms with E-state index in [-0.39, 0.29) is 0 Å². The fraction of sp³-hybridized carbons (Fsp3) is 0.250. The van der Waals surface area contributed by atoms with Gasteiger partial charge in [0.05, 0.1) is 27.4 Å². The molecule has 7 nitrogen and oxygen atoms in total. The minimum atomic E-state index is 0.692. The van der Waals surface area contributed by atoms with Gasteiger partial charge in [-0.05, 0) is 35.9 Å². The normalized spacial score (nSPS) is 14.1. The number of nitrogens with one attached hydrogen (secondary N) is 1. The van der Waals surface area contributed by atoms with Crippen molar-refractivity contribution < 1.29 is 14.2 Å². The van der Waals surface area contributed by atoms with Crippen molar-refractivity contribution in [2.45, 2.75) is 0 Å². The predicted octanol–water partition coefficient (Wildman–Crippen LogP) is 4.15. The Hall–Kier alpha value is -3.58. The summed E-state index contributed by atoms with van der Waals surface area (Å²) >= 11 is 0. The van der Waals surface area contributed by atoms with Gasteiger partial charge < -0.3 is 24.1 Å². The maximum atomic E-state index is 5.45. The fourth-order valence-electron chi connectivity index (χ4n) is 3.94. The van der Waals surface area contributed by atoms with Crippen LogP contribution in [0.2, 0.25) is 0 Å². The molecule has 1 aliphatic heterocycles. The summed E-state index contributed by atoms with van der Waals surface area (Å²) in [6.07, 6.45) is 5.78. The highest BCUT2D eigenvalue weighted by Gasteiger charge is 2.14. The first-order chi connectivity index (χ1) is 15.3. The third-order valence-electron chi connectivity index (χ3n) is 5.64. The summed E-state index contributed by atoms with van der Waals surface area (Å²) < 4.78 is 16.2. The minimum Gasteiger partial charge on any atom is -0.493 e. The van der Waals surface area contributed by atoms with Gasteiger partial charge in [-0.2, -0.15) is 0 Å². The van der Waals surface area contributed by atoms with E-state index in [0.717, 1.165) is 65.4 Å². The Bertz CT molecular complexity index is 1200. The van der Waals surface area contributed by atoms with Gasteiger partial charge in [-0.25, -0.2) is 9.97 Å². The van der Waals surface area contributed by atoms with Gasteiger partial charge in [0, 0.05) is 53.8 Å². The maximum Gasteiger partial charge on any atom is 0.161 e. The molecule has 0 unspecified atom stereocenters. The average molecular weight is 416 g/mol. The number of hydrogen-bond donors (Lipinski definition) is 1. The van der Waals surface area contributed by atoms with Crippen molar-refractivity contribution in [2.75, 3.05) is 45.4 Å². The van der Waals surface area contributed by atoms with Crippen molar-refractivity contribution in [1.29, 1.82) is 0 Å². The number of aromatic nitrogens is 3. The van der Waals surface area contributed by atoms with Crippen LogP contribution in [0.1, 0.15) is 0 Å². The van der Waals surface area contributed by atoms with Crippen LogP contribution in [0.25, 0.3) is 33.3 Å². The molecule has 4 aromatic rings. The summed E-state index contributed by atoms with van der Waals surface area (Å²) in [4.78, 5) is 14.8. The SMILES string of the molecule is COc1ccc(-c2cnc3[nH]cc(-c4ccc(N5CCOCC5)nc4)c3c2)cc1OC. The van der Waals surface area contributed by atoms with Crippen LogP contribution in [0.3, 0.4) is 0 Å². The van der Waals surface area contributed by atoms with Gasteiger partial charge in [0.1, 0.15) is 11.5 Å². The standard InChI is InChI=1S/C24H24N4O3/c1-29-21-5-3-16(12-22(21)30-2)18-11-19-20(15-27-24(19)26-14-18)17-4-6-23(25-13-17)28-7-9-31-10-8-28/h3-6,11-15H,7-10H2,1-2H3,(H,26,27). The number of rotatable bonds is 5. The number of morpholine rings is 1. The molecule has 1 saturated heterocycles. The van der Waals surface area contributed by atoms with E-state index >= 15 is 0 Å². The molecular formula is C24H24N4O3. The molecule has 0 aliphatic carbocycles. The maximum absolute atomic E-state index is 5.45. The number of fused-ring (bicyclic) bond motifs is 1. The Kier molecular flexibility index (Phi) is 5.18. The van der Waals surface area contributed by atoms with Gasteiger partial charge in [-0.3, -0.25) is 0 Å². The number of nitrogens with zero attached hydrogens (tertiary/aromatic N) is 3. The second-order valence-electron chi connectivity index (χ2n) is 7.40. The van der Waals surface area contributed by atoms with Crippen molar-refractivity contribution in [2.24, 2.45) is 0 Å². The highest BCUT2D eigenvalue weighted by Crippen LogP contribution is 2.35. The lowest BCUT2D eigenvalue weighted by atomic mass is 10.0. The Morgan fingerprint density at radius 3 is 2.39 bits per heavy atom. The number of H-pyrrole nitrogens is 1. The lowest BCUT2D eigenvalue weighted by molar-refractivity contribution is 0.122. The summed E-state index contributed by atoms with van der Waals surface area (Å²) in [7, 11) is 3.27. The average Bonchev–Trinajstić information content (AvgIpc) is 3.27. The van der Waals surface area contributed by atoms with Crippen LogP contribution in [-0.4, -0.2) is 55.5 Å². The largest absolute Gasteiger partial charge is 0.493 e. The van der Waals surface area contributed by atoms with Crippen LogP contribution in [0.4, 0.5) is 5.82 Å². The number of hydrogen-bond acceptors (Lipinski definition) is 6. The second-order valence-corrected chi connectivity index (χ2v) is 7.40. The highest BCUT2D eigenvalue weighted by molar-refractivity contribution is 5.95. The number of pyridine rings is 2. The lowest BCUT2D eigenvalue weighted by Gasteiger charge is -2.27. The zero-order valence-corrected chi connectivity index (χ0v) is 17.6. The summed E-state index contributed by atoms with van der Waals surface area (Å²) in [5, 5.41) is 1.05. The highest BCUT2D eigenvalue weighted by atomic mass is 16.5. The van der Waals surface area contributed by atoms with Crippen LogP contribution < -0.4 is 14.4 Å². The molecule has 1 fully saturated rings. The first-order valence-electron chi connectivity index (χ1n) is 10.3. The molecule has 1 aromatic carbocycles. The molecular weight excluding hydrogens is 392 g/mol. The van der Waals surface area contributed by atoms with Gasteiger partial charge in [-0.15, -0.1) is 0 Å². The lowest BCUT2D eigenvalue weighted by Crippen LogP contribution is -2.36. The molecule has 31 heavy (non-hydrogen) atoms. The summed E-state index contributed by atoms with van der Waals surface area (Å²) in [6.45, 7) is 3.24. The summed E-state index contributed by atoms with van der Waals surface area (Å²) in [5.74, 6) is 2.38. The minimum absolute atomic E-state index is 0.692. The van der Waals surface area contributed by atoms with E-state index in [1.165, 1.54) is 0 Å². The molecule has 0 radical (unpaired) electrons. The van der Waals surface area contributed by atoms with Gasteiger partial charge in [0.25, 0.3) is 0 Å². The molecule has 1 aliphatic rings. The fourth-order valence-corrected chi connectivity index (χ4v) is 3.94. The van der Waals surface area contributed by atoms with E-state index < -0.39 is 0 Å². The van der Waals surface area contributed by atoms with Gasteiger partial charge in [0.15, 0.2) is 11.5 Å². The number of ether oxygens (including phenoxy) is 3. The van der Waals surface area contributed by atoms with Crippen LogP contribution in [-0.2, 0) is 4.74 Å².